The van der Waals surface area contributed by atoms with E-state index in [0.29, 0.717) is 18.9 Å². The number of aryl methyl sites for hydroxylation is 3. The highest BCUT2D eigenvalue weighted by molar-refractivity contribution is 5.18. The van der Waals surface area contributed by atoms with Crippen molar-refractivity contribution in [1.82, 2.24) is 14.1 Å². The van der Waals surface area contributed by atoms with Crippen molar-refractivity contribution in [2.75, 3.05) is 0 Å². The van der Waals surface area contributed by atoms with Crippen LogP contribution in [0.1, 0.15) is 5.82 Å². The van der Waals surface area contributed by atoms with Gasteiger partial charge in [0, 0.05) is 6.92 Å². The summed E-state index contributed by atoms with van der Waals surface area (Å²) >= 11 is 0. The van der Waals surface area contributed by atoms with Gasteiger partial charge in [0.15, 0.2) is 5.82 Å². The van der Waals surface area contributed by atoms with E-state index in [1.165, 1.54) is 6.20 Å². The zero-order chi connectivity index (χ0) is 12.4. The van der Waals surface area contributed by atoms with Gasteiger partial charge in [-0.05, 0) is 4.92 Å². The minimum absolute atomic E-state index is 0. The molecule has 7 nitrogen and oxygen atoms in total. The molecule has 2 rings (SSSR count). The summed E-state index contributed by atoms with van der Waals surface area (Å²) < 4.78 is 5.51. The molecule has 0 unspecified atom stereocenters. The summed E-state index contributed by atoms with van der Waals surface area (Å²) in [5, 5.41) is 10.8. The molecule has 0 saturated carbocycles. The quantitative estimate of drug-likeness (QED) is 0.349. The van der Waals surface area contributed by atoms with Crippen LogP contribution < -0.4 is 17.0 Å². The minimum atomic E-state index is -0.407. The number of hydrogen-bond acceptors (Lipinski definition) is 3. The summed E-state index contributed by atoms with van der Waals surface area (Å²) in [6, 6.07) is 0. The first-order valence-corrected chi connectivity index (χ1v) is 5.25. The lowest BCUT2D eigenvalue weighted by molar-refractivity contribution is -0.671. The van der Waals surface area contributed by atoms with Crippen molar-refractivity contribution in [3.8, 4) is 0 Å². The Kier molecular flexibility index (Phi) is 4.43. The highest BCUT2D eigenvalue weighted by Crippen LogP contribution is 2.13. The second kappa shape index (κ2) is 5.63. The largest absolute Gasteiger partial charge is 1.00 e. The van der Waals surface area contributed by atoms with Crippen molar-refractivity contribution in [3.05, 3.63) is 40.9 Å². The van der Waals surface area contributed by atoms with E-state index in [-0.39, 0.29) is 18.2 Å². The molecule has 0 radical (unpaired) electrons. The lowest BCUT2D eigenvalue weighted by Gasteiger charge is -2.00. The molecule has 0 aromatic carbocycles. The van der Waals surface area contributed by atoms with Crippen LogP contribution in [0.5, 0.6) is 0 Å². The first kappa shape index (κ1) is 14.2. The summed E-state index contributed by atoms with van der Waals surface area (Å²) in [5.41, 5.74) is 0. The van der Waals surface area contributed by atoms with Crippen molar-refractivity contribution in [2.24, 2.45) is 7.05 Å². The van der Waals surface area contributed by atoms with Gasteiger partial charge in [-0.1, -0.05) is 0 Å². The third kappa shape index (κ3) is 2.86. The average Bonchev–Trinajstić information content (AvgIpc) is 2.82. The molecule has 8 heteroatoms. The summed E-state index contributed by atoms with van der Waals surface area (Å²) in [7, 11) is 1.93. The zero-order valence-electron chi connectivity index (χ0n) is 10.2. The van der Waals surface area contributed by atoms with Crippen LogP contribution in [0.2, 0.25) is 0 Å². The highest BCUT2D eigenvalue weighted by atomic mass is 35.5. The van der Waals surface area contributed by atoms with Crippen LogP contribution in [0, 0.1) is 17.0 Å². The predicted molar refractivity (Wildman–Crippen MR) is 59.2 cm³/mol. The van der Waals surface area contributed by atoms with Gasteiger partial charge >= 0.3 is 5.82 Å². The van der Waals surface area contributed by atoms with Crippen LogP contribution in [-0.4, -0.2) is 19.0 Å². The molecule has 0 atom stereocenters. The van der Waals surface area contributed by atoms with E-state index >= 15 is 0 Å². The Morgan fingerprint density at radius 3 is 2.78 bits per heavy atom. The van der Waals surface area contributed by atoms with Gasteiger partial charge in [0.2, 0.25) is 6.33 Å². The molecule has 0 bridgehead atoms. The van der Waals surface area contributed by atoms with Gasteiger partial charge in [-0.2, -0.15) is 0 Å². The molecule has 98 valence electrons. The van der Waals surface area contributed by atoms with Gasteiger partial charge in [0.05, 0.1) is 7.05 Å². The predicted octanol–water partition coefficient (Wildman–Crippen LogP) is -2.57. The van der Waals surface area contributed by atoms with Crippen LogP contribution in [-0.2, 0) is 20.1 Å². The lowest BCUT2D eigenvalue weighted by atomic mass is 10.5. The maximum Gasteiger partial charge on any atom is 0.342 e. The first-order chi connectivity index (χ1) is 8.08. The van der Waals surface area contributed by atoms with Crippen molar-refractivity contribution < 1.29 is 21.9 Å². The van der Waals surface area contributed by atoms with Crippen molar-refractivity contribution in [2.45, 2.75) is 20.0 Å². The van der Waals surface area contributed by atoms with Gasteiger partial charge in [0.1, 0.15) is 31.7 Å². The summed E-state index contributed by atoms with van der Waals surface area (Å²) in [6.07, 6.45) is 7.08. The normalized spacial score (nSPS) is 10.1. The fourth-order valence-corrected chi connectivity index (χ4v) is 1.73. The molecule has 0 amide bonds. The molecule has 2 aromatic rings. The van der Waals surface area contributed by atoms with Crippen molar-refractivity contribution in [3.63, 3.8) is 0 Å². The van der Waals surface area contributed by atoms with E-state index in [1.54, 1.807) is 11.5 Å². The summed E-state index contributed by atoms with van der Waals surface area (Å²) in [5.74, 6) is 0.701. The van der Waals surface area contributed by atoms with E-state index in [2.05, 4.69) is 4.98 Å². The number of nitrogens with zero attached hydrogens (tertiary/aromatic N) is 5. The van der Waals surface area contributed by atoms with Gasteiger partial charge < -0.3 is 22.5 Å². The Labute approximate surface area is 110 Å². The fourth-order valence-electron chi connectivity index (χ4n) is 1.73. The Balaban J connectivity index is 0.00000162. The molecule has 18 heavy (non-hydrogen) atoms. The molecule has 0 fully saturated rings. The third-order valence-electron chi connectivity index (χ3n) is 2.63. The van der Waals surface area contributed by atoms with E-state index in [1.807, 2.05) is 34.9 Å². The number of halogens is 1. The Morgan fingerprint density at radius 1 is 1.50 bits per heavy atom. The average molecular weight is 272 g/mol. The molecule has 2 heterocycles. The number of imidazole rings is 2. The molecule has 0 spiro atoms. The number of nitro groups is 1. The van der Waals surface area contributed by atoms with Crippen LogP contribution in [0.25, 0.3) is 0 Å². The Hall–Kier alpha value is -1.89. The van der Waals surface area contributed by atoms with Gasteiger partial charge in [-0.3, -0.25) is 0 Å². The highest BCUT2D eigenvalue weighted by Gasteiger charge is 2.17. The standard InChI is InChI=1S/C10H14N5O2.ClH/c1-9-11-7-10(15(16)17)14(9)6-5-13-4-3-12(2)8-13;/h3-4,7-8H,5-6H2,1-2H3;1H/q+1;/p-1. The summed E-state index contributed by atoms with van der Waals surface area (Å²) in [6.45, 7) is 2.98. The zero-order valence-corrected chi connectivity index (χ0v) is 10.9. The SMILES string of the molecule is Cc1ncc([N+](=O)[O-])n1CCn1cc[n+](C)c1.[Cl-]. The van der Waals surface area contributed by atoms with Crippen molar-refractivity contribution >= 4 is 5.82 Å². The maximum absolute atomic E-state index is 10.8. The number of rotatable bonds is 4. The molecular weight excluding hydrogens is 258 g/mol. The maximum atomic E-state index is 10.8. The first-order valence-electron chi connectivity index (χ1n) is 5.25. The number of hydrogen-bond donors (Lipinski definition) is 0. The third-order valence-corrected chi connectivity index (χ3v) is 2.63. The van der Waals surface area contributed by atoms with Crippen LogP contribution in [0.3, 0.4) is 0 Å². The molecular formula is C10H14ClN5O2. The number of aromatic nitrogens is 4. The second-order valence-electron chi connectivity index (χ2n) is 3.89. The van der Waals surface area contributed by atoms with Crippen LogP contribution in [0.4, 0.5) is 5.82 Å². The van der Waals surface area contributed by atoms with E-state index in [9.17, 15) is 10.1 Å². The second-order valence-corrected chi connectivity index (χ2v) is 3.89. The van der Waals surface area contributed by atoms with Crippen molar-refractivity contribution in [1.29, 1.82) is 0 Å². The monoisotopic (exact) mass is 271 g/mol. The fraction of sp³-hybridized carbons (Fsp3) is 0.400. The molecule has 0 saturated heterocycles. The Morgan fingerprint density at radius 2 is 2.22 bits per heavy atom. The van der Waals surface area contributed by atoms with E-state index in [0.717, 1.165) is 0 Å². The van der Waals surface area contributed by atoms with E-state index in [4.69, 9.17) is 0 Å². The van der Waals surface area contributed by atoms with E-state index < -0.39 is 4.92 Å². The van der Waals surface area contributed by atoms with Gasteiger partial charge in [0.25, 0.3) is 0 Å². The molecule has 0 N–H and O–H groups in total. The lowest BCUT2D eigenvalue weighted by Crippen LogP contribution is -3.00. The molecule has 0 aliphatic carbocycles. The Bertz CT molecular complexity index is 548. The minimum Gasteiger partial charge on any atom is -1.00 e. The van der Waals surface area contributed by atoms with Crippen LogP contribution in [0.15, 0.2) is 24.9 Å². The van der Waals surface area contributed by atoms with Gasteiger partial charge in [-0.15, -0.1) is 0 Å². The topological polar surface area (TPSA) is 69.8 Å². The summed E-state index contributed by atoms with van der Waals surface area (Å²) in [4.78, 5) is 14.3. The molecule has 0 aliphatic rings. The molecule has 0 aliphatic heterocycles. The van der Waals surface area contributed by atoms with Gasteiger partial charge in [-0.25, -0.2) is 18.7 Å². The van der Waals surface area contributed by atoms with Crippen LogP contribution >= 0.6 is 0 Å². The molecule has 2 aromatic heterocycles. The smallest absolute Gasteiger partial charge is 0.342 e.